The lowest BCUT2D eigenvalue weighted by atomic mass is 10.0. The second kappa shape index (κ2) is 10.9. The largest absolute Gasteiger partial charge is 0.351 e. The van der Waals surface area contributed by atoms with Crippen LogP contribution in [-0.2, 0) is 16.9 Å². The van der Waals surface area contributed by atoms with Gasteiger partial charge in [0.15, 0.2) is 0 Å². The van der Waals surface area contributed by atoms with Crippen molar-refractivity contribution in [2.75, 3.05) is 24.5 Å². The molecule has 48 heavy (non-hydrogen) atoms. The van der Waals surface area contributed by atoms with E-state index in [1.54, 1.807) is 42.5 Å². The van der Waals surface area contributed by atoms with Crippen LogP contribution in [0.5, 0.6) is 0 Å². The number of primary amides is 1. The summed E-state index contributed by atoms with van der Waals surface area (Å²) in [5.41, 5.74) is 7.42. The molecule has 244 valence electrons. The summed E-state index contributed by atoms with van der Waals surface area (Å²) < 4.78 is 15.7. The lowest BCUT2D eigenvalue weighted by Gasteiger charge is -2.41. The van der Waals surface area contributed by atoms with E-state index in [1.807, 2.05) is 11.1 Å². The Morgan fingerprint density at radius 3 is 2.38 bits per heavy atom. The molecule has 0 radical (unpaired) electrons. The van der Waals surface area contributed by atoms with E-state index < -0.39 is 35.4 Å². The Balaban J connectivity index is 1.08. The first kappa shape index (κ1) is 30.1. The predicted molar refractivity (Wildman–Crippen MR) is 173 cm³/mol. The van der Waals surface area contributed by atoms with E-state index >= 15 is 0 Å². The lowest BCUT2D eigenvalue weighted by Crippen LogP contribution is -2.61. The van der Waals surface area contributed by atoms with E-state index in [-0.39, 0.29) is 35.5 Å². The molecule has 1 atom stereocenters. The van der Waals surface area contributed by atoms with E-state index in [1.165, 1.54) is 37.7 Å². The number of rotatable bonds is 6. The highest BCUT2D eigenvalue weighted by Crippen LogP contribution is 2.54. The third-order valence-corrected chi connectivity index (χ3v) is 10.1. The number of hydrogen-bond donors (Lipinski definition) is 2. The predicted octanol–water partition coefficient (Wildman–Crippen LogP) is 4.19. The van der Waals surface area contributed by atoms with E-state index in [9.17, 15) is 28.4 Å². The van der Waals surface area contributed by atoms with Gasteiger partial charge in [-0.1, -0.05) is 48.0 Å². The van der Waals surface area contributed by atoms with Gasteiger partial charge in [0.05, 0.1) is 32.9 Å². The minimum Gasteiger partial charge on any atom is -0.351 e. The number of carbonyl (C=O) groups excluding carboxylic acids is 5. The number of imide groups is 1. The van der Waals surface area contributed by atoms with Crippen LogP contribution < -0.4 is 16.0 Å². The lowest BCUT2D eigenvalue weighted by molar-refractivity contribution is -0.127. The van der Waals surface area contributed by atoms with Crippen LogP contribution in [0.25, 0.3) is 10.9 Å². The smallest absolute Gasteiger partial charge is 0.339 e. The highest BCUT2D eigenvalue weighted by atomic mass is 35.5. The normalized spacial score (nSPS) is 20.0. The SMILES string of the molecule is NC(=O)n1cc(N2CCN3CC[C@@H](C(=O)NCc4cccc(Cl)c4F)N3C2=O)c2ccc(C3(N4C(=O)c5ccccc5C4=O)CC3)cc21. The Hall–Kier alpha value is -5.27. The van der Waals surface area contributed by atoms with Crippen LogP contribution in [-0.4, -0.2) is 74.9 Å². The highest BCUT2D eigenvalue weighted by Gasteiger charge is 2.57. The van der Waals surface area contributed by atoms with Gasteiger partial charge in [0.1, 0.15) is 11.9 Å². The van der Waals surface area contributed by atoms with E-state index in [2.05, 4.69) is 5.32 Å². The molecule has 12 nitrogen and oxygen atoms in total. The molecule has 3 aromatic carbocycles. The van der Waals surface area contributed by atoms with Crippen molar-refractivity contribution in [3.8, 4) is 0 Å². The Morgan fingerprint density at radius 2 is 1.69 bits per heavy atom. The number of aromatic nitrogens is 1. The van der Waals surface area contributed by atoms with Gasteiger partial charge in [-0.05, 0) is 49.1 Å². The summed E-state index contributed by atoms with van der Waals surface area (Å²) >= 11 is 5.88. The summed E-state index contributed by atoms with van der Waals surface area (Å²) in [6.45, 7) is 1.11. The number of benzene rings is 3. The van der Waals surface area contributed by atoms with E-state index in [0.717, 1.165) is 0 Å². The number of nitrogens with two attached hydrogens (primary N) is 1. The Bertz CT molecular complexity index is 2060. The van der Waals surface area contributed by atoms with Crippen LogP contribution in [0.2, 0.25) is 5.02 Å². The molecule has 3 N–H and O–H groups in total. The average Bonchev–Trinajstić information content (AvgIpc) is 3.48. The van der Waals surface area contributed by atoms with Crippen molar-refractivity contribution in [2.45, 2.75) is 37.4 Å². The summed E-state index contributed by atoms with van der Waals surface area (Å²) in [5.74, 6) is -1.76. The maximum absolute atomic E-state index is 14.4. The van der Waals surface area contributed by atoms with Crippen LogP contribution in [0.4, 0.5) is 19.7 Å². The molecule has 3 fully saturated rings. The van der Waals surface area contributed by atoms with Crippen molar-refractivity contribution in [3.63, 3.8) is 0 Å². The number of anilines is 1. The van der Waals surface area contributed by atoms with Crippen LogP contribution in [0.15, 0.2) is 66.9 Å². The van der Waals surface area contributed by atoms with Gasteiger partial charge in [0.25, 0.3) is 11.8 Å². The molecule has 14 heteroatoms. The first-order valence-electron chi connectivity index (χ1n) is 15.6. The molecule has 0 unspecified atom stereocenters. The fourth-order valence-corrected chi connectivity index (χ4v) is 7.49. The number of nitrogens with zero attached hydrogens (tertiary/aromatic N) is 5. The summed E-state index contributed by atoms with van der Waals surface area (Å²) in [7, 11) is 0. The standard InChI is InChI=1S/C34H29ClFN7O5/c35-24-7-3-4-19(28(24)36)17-38-29(44)25-10-13-39-14-15-40(33(48)43(25)39)27-18-41(32(37)47)26-16-20(8-9-23(26)27)34(11-12-34)42-30(45)21-5-1-2-6-22(21)31(42)46/h1-9,16,18,25H,10-15,17H2,(H2,37,47)(H,38,44)/t25-/m0/s1. The van der Waals surface area contributed by atoms with Crippen LogP contribution >= 0.6 is 11.6 Å². The number of amides is 6. The van der Waals surface area contributed by atoms with Crippen molar-refractivity contribution in [1.29, 1.82) is 0 Å². The zero-order valence-corrected chi connectivity index (χ0v) is 26.2. The molecule has 0 spiro atoms. The second-order valence-corrected chi connectivity index (χ2v) is 12.9. The van der Waals surface area contributed by atoms with Crippen molar-refractivity contribution >= 4 is 58.0 Å². The molecule has 1 aliphatic carbocycles. The number of fused-ring (bicyclic) bond motifs is 3. The zero-order chi connectivity index (χ0) is 33.5. The molecular weight excluding hydrogens is 641 g/mol. The third kappa shape index (κ3) is 4.41. The number of hydrazine groups is 1. The molecule has 1 saturated carbocycles. The highest BCUT2D eigenvalue weighted by molar-refractivity contribution is 6.30. The van der Waals surface area contributed by atoms with Gasteiger partial charge in [0.2, 0.25) is 5.91 Å². The topological polar surface area (TPSA) is 141 Å². The summed E-state index contributed by atoms with van der Waals surface area (Å²) in [6.07, 6.45) is 3.02. The molecule has 4 aliphatic rings. The molecule has 2 saturated heterocycles. The Labute approximate surface area is 278 Å². The fraction of sp³-hybridized carbons (Fsp3) is 0.265. The maximum Gasteiger partial charge on any atom is 0.339 e. The van der Waals surface area contributed by atoms with Gasteiger partial charge in [-0.25, -0.2) is 24.0 Å². The average molecular weight is 670 g/mol. The van der Waals surface area contributed by atoms with Crippen molar-refractivity contribution < 1.29 is 28.4 Å². The molecule has 3 aliphatic heterocycles. The van der Waals surface area contributed by atoms with E-state index in [4.69, 9.17) is 17.3 Å². The molecule has 6 amide bonds. The summed E-state index contributed by atoms with van der Waals surface area (Å²) in [4.78, 5) is 69.6. The number of halogens is 2. The van der Waals surface area contributed by atoms with Gasteiger partial charge in [0, 0.05) is 43.3 Å². The first-order chi connectivity index (χ1) is 23.1. The van der Waals surface area contributed by atoms with Gasteiger partial charge in [-0.3, -0.25) is 28.8 Å². The molecule has 0 bridgehead atoms. The van der Waals surface area contributed by atoms with Crippen LogP contribution in [0.3, 0.4) is 0 Å². The molecule has 8 rings (SSSR count). The first-order valence-corrected chi connectivity index (χ1v) is 16.0. The van der Waals surface area contributed by atoms with E-state index in [0.29, 0.717) is 65.6 Å². The quantitative estimate of drug-likeness (QED) is 0.295. The van der Waals surface area contributed by atoms with Crippen LogP contribution in [0, 0.1) is 5.82 Å². The maximum atomic E-state index is 14.4. The van der Waals surface area contributed by atoms with Gasteiger partial charge in [-0.15, -0.1) is 0 Å². The number of urea groups is 1. The number of nitrogens with one attached hydrogen (secondary N) is 1. The minimum atomic E-state index is -0.861. The molecule has 1 aromatic heterocycles. The number of hydrogen-bond acceptors (Lipinski definition) is 6. The second-order valence-electron chi connectivity index (χ2n) is 12.4. The summed E-state index contributed by atoms with van der Waals surface area (Å²) in [6, 6.07) is 14.6. The third-order valence-electron chi connectivity index (χ3n) is 9.85. The molecule has 4 heterocycles. The van der Waals surface area contributed by atoms with Gasteiger partial charge >= 0.3 is 12.1 Å². The molecular formula is C34H29ClFN7O5. The van der Waals surface area contributed by atoms with Crippen molar-refractivity contribution in [3.05, 3.63) is 100.0 Å². The summed E-state index contributed by atoms with van der Waals surface area (Å²) in [5, 5.41) is 6.48. The Kier molecular flexibility index (Phi) is 6.83. The molecule has 4 aromatic rings. The van der Waals surface area contributed by atoms with Crippen molar-refractivity contribution in [1.82, 2.24) is 24.8 Å². The van der Waals surface area contributed by atoms with Gasteiger partial charge in [-0.2, -0.15) is 0 Å². The monoisotopic (exact) mass is 669 g/mol. The van der Waals surface area contributed by atoms with Gasteiger partial charge < -0.3 is 11.1 Å². The zero-order valence-electron chi connectivity index (χ0n) is 25.5. The number of carbonyl (C=O) groups is 5. The fourth-order valence-electron chi connectivity index (χ4n) is 7.29. The Morgan fingerprint density at radius 1 is 0.958 bits per heavy atom. The minimum absolute atomic E-state index is 0.0474. The van der Waals surface area contributed by atoms with Crippen LogP contribution in [0.1, 0.15) is 51.1 Å². The van der Waals surface area contributed by atoms with Crippen molar-refractivity contribution in [2.24, 2.45) is 5.73 Å².